The molecule has 1 heterocycles. The molecule has 106 valence electrons. The molecule has 0 spiro atoms. The van der Waals surface area contributed by atoms with Crippen LogP contribution in [0.25, 0.3) is 32.9 Å². The van der Waals surface area contributed by atoms with Gasteiger partial charge >= 0.3 is 0 Å². The molecule has 0 bridgehead atoms. The highest BCUT2D eigenvalue weighted by molar-refractivity contribution is 6.14. The smallest absolute Gasteiger partial charge is 0.135 e. The summed E-state index contributed by atoms with van der Waals surface area (Å²) in [6.45, 7) is 0. The van der Waals surface area contributed by atoms with Crippen molar-refractivity contribution in [2.45, 2.75) is 12.8 Å². The Morgan fingerprint density at radius 1 is 0.909 bits per heavy atom. The molecule has 1 aliphatic carbocycles. The van der Waals surface area contributed by atoms with Gasteiger partial charge in [-0.2, -0.15) is 0 Å². The van der Waals surface area contributed by atoms with Gasteiger partial charge in [0.1, 0.15) is 17.1 Å². The molecule has 4 aromatic rings. The molecule has 0 unspecified atom stereocenters. The number of benzene rings is 3. The predicted molar refractivity (Wildman–Crippen MR) is 88.2 cm³/mol. The van der Waals surface area contributed by atoms with E-state index in [4.69, 9.17) is 4.42 Å². The summed E-state index contributed by atoms with van der Waals surface area (Å²) in [5.41, 5.74) is 4.74. The maximum atomic E-state index is 9.90. The third-order valence-corrected chi connectivity index (χ3v) is 4.64. The van der Waals surface area contributed by atoms with Gasteiger partial charge < -0.3 is 9.52 Å². The highest BCUT2D eigenvalue weighted by Crippen LogP contribution is 2.43. The summed E-state index contributed by atoms with van der Waals surface area (Å²) in [7, 11) is 0. The van der Waals surface area contributed by atoms with E-state index in [0.29, 0.717) is 5.75 Å². The van der Waals surface area contributed by atoms with Gasteiger partial charge in [0, 0.05) is 17.4 Å². The molecule has 1 N–H and O–H groups in total. The Morgan fingerprint density at radius 2 is 1.77 bits per heavy atom. The van der Waals surface area contributed by atoms with Gasteiger partial charge in [0.2, 0.25) is 0 Å². The van der Waals surface area contributed by atoms with Crippen molar-refractivity contribution in [3.05, 3.63) is 65.9 Å². The Labute approximate surface area is 127 Å². The Kier molecular flexibility index (Phi) is 2.23. The lowest BCUT2D eigenvalue weighted by Crippen LogP contribution is -2.01. The predicted octanol–water partition coefficient (Wildman–Crippen LogP) is 5.06. The van der Waals surface area contributed by atoms with Gasteiger partial charge in [-0.05, 0) is 46.5 Å². The van der Waals surface area contributed by atoms with Crippen LogP contribution in [0.5, 0.6) is 5.75 Å². The molecule has 0 saturated carbocycles. The van der Waals surface area contributed by atoms with Crippen LogP contribution in [0.3, 0.4) is 0 Å². The molecule has 0 amide bonds. The van der Waals surface area contributed by atoms with Gasteiger partial charge in [0.15, 0.2) is 0 Å². The number of furan rings is 1. The Bertz CT molecular complexity index is 1040. The Morgan fingerprint density at radius 3 is 2.73 bits per heavy atom. The third kappa shape index (κ3) is 1.49. The van der Waals surface area contributed by atoms with E-state index in [0.717, 1.165) is 40.3 Å². The SMILES string of the molecule is Oc1ccc2ccc3oc4c(c3c2c1)-c1ccccc1CC4. The van der Waals surface area contributed by atoms with Crippen LogP contribution >= 0.6 is 0 Å². The average molecular weight is 286 g/mol. The zero-order valence-electron chi connectivity index (χ0n) is 12.0. The summed E-state index contributed by atoms with van der Waals surface area (Å²) in [5, 5.41) is 13.2. The fourth-order valence-electron chi connectivity index (χ4n) is 3.65. The number of aryl methyl sites for hydroxylation is 2. The number of hydrogen-bond acceptors (Lipinski definition) is 2. The second kappa shape index (κ2) is 4.14. The molecule has 0 radical (unpaired) electrons. The second-order valence-electron chi connectivity index (χ2n) is 5.90. The van der Waals surface area contributed by atoms with Crippen LogP contribution in [-0.2, 0) is 12.8 Å². The fraction of sp³-hybridized carbons (Fsp3) is 0.100. The highest BCUT2D eigenvalue weighted by atomic mass is 16.3. The number of rotatable bonds is 0. The largest absolute Gasteiger partial charge is 0.508 e. The summed E-state index contributed by atoms with van der Waals surface area (Å²) in [5.74, 6) is 1.35. The number of phenols is 1. The third-order valence-electron chi connectivity index (χ3n) is 4.64. The molecule has 2 nitrogen and oxygen atoms in total. The minimum Gasteiger partial charge on any atom is -0.508 e. The van der Waals surface area contributed by atoms with Crippen molar-refractivity contribution >= 4 is 21.7 Å². The van der Waals surface area contributed by atoms with Crippen molar-refractivity contribution in [3.8, 4) is 16.9 Å². The van der Waals surface area contributed by atoms with Crippen LogP contribution in [0.4, 0.5) is 0 Å². The van der Waals surface area contributed by atoms with Crippen LogP contribution in [-0.4, -0.2) is 5.11 Å². The van der Waals surface area contributed by atoms with Crippen LogP contribution < -0.4 is 0 Å². The molecular weight excluding hydrogens is 272 g/mol. The Balaban J connectivity index is 2.00. The number of hydrogen-bond donors (Lipinski definition) is 1. The van der Waals surface area contributed by atoms with Crippen molar-refractivity contribution in [1.82, 2.24) is 0 Å². The molecule has 0 aliphatic heterocycles. The first-order valence-electron chi connectivity index (χ1n) is 7.57. The first-order valence-corrected chi connectivity index (χ1v) is 7.57. The minimum atomic E-state index is 0.291. The van der Waals surface area contributed by atoms with E-state index >= 15 is 0 Å². The van der Waals surface area contributed by atoms with E-state index in [1.807, 2.05) is 18.2 Å². The summed E-state index contributed by atoms with van der Waals surface area (Å²) in [4.78, 5) is 0. The van der Waals surface area contributed by atoms with E-state index in [9.17, 15) is 5.11 Å². The summed E-state index contributed by atoms with van der Waals surface area (Å²) < 4.78 is 6.11. The van der Waals surface area contributed by atoms with Gasteiger partial charge in [-0.15, -0.1) is 0 Å². The van der Waals surface area contributed by atoms with Crippen LogP contribution in [0.1, 0.15) is 11.3 Å². The molecule has 3 aromatic carbocycles. The normalized spacial score (nSPS) is 13.3. The lowest BCUT2D eigenvalue weighted by Gasteiger charge is -2.15. The van der Waals surface area contributed by atoms with Crippen LogP contribution in [0.15, 0.2) is 59.0 Å². The lowest BCUT2D eigenvalue weighted by molar-refractivity contribution is 0.476. The molecule has 1 aliphatic rings. The first kappa shape index (κ1) is 11.9. The maximum Gasteiger partial charge on any atom is 0.135 e. The van der Waals surface area contributed by atoms with Gasteiger partial charge in [-0.3, -0.25) is 0 Å². The first-order chi connectivity index (χ1) is 10.8. The van der Waals surface area contributed by atoms with E-state index in [2.05, 4.69) is 30.3 Å². The van der Waals surface area contributed by atoms with Crippen molar-refractivity contribution in [2.24, 2.45) is 0 Å². The molecule has 0 saturated heterocycles. The maximum absolute atomic E-state index is 9.90. The topological polar surface area (TPSA) is 33.4 Å². The Hall–Kier alpha value is -2.74. The van der Waals surface area contributed by atoms with Crippen LogP contribution in [0, 0.1) is 0 Å². The summed E-state index contributed by atoms with van der Waals surface area (Å²) in [6, 6.07) is 18.2. The minimum absolute atomic E-state index is 0.291. The van der Waals surface area contributed by atoms with E-state index in [1.54, 1.807) is 6.07 Å². The molecule has 5 rings (SSSR count). The highest BCUT2D eigenvalue weighted by Gasteiger charge is 2.23. The second-order valence-corrected chi connectivity index (χ2v) is 5.90. The molecule has 0 atom stereocenters. The summed E-state index contributed by atoms with van der Waals surface area (Å²) >= 11 is 0. The summed E-state index contributed by atoms with van der Waals surface area (Å²) in [6.07, 6.45) is 1.95. The molecule has 1 aromatic heterocycles. The number of phenolic OH excluding ortho intramolecular Hbond substituents is 1. The molecular formula is C20H14O2. The zero-order valence-corrected chi connectivity index (χ0v) is 12.0. The average Bonchev–Trinajstić information content (AvgIpc) is 2.94. The van der Waals surface area contributed by atoms with E-state index in [-0.39, 0.29) is 0 Å². The monoisotopic (exact) mass is 286 g/mol. The number of aromatic hydroxyl groups is 1. The van der Waals surface area contributed by atoms with Gasteiger partial charge in [-0.1, -0.05) is 36.4 Å². The van der Waals surface area contributed by atoms with Crippen molar-refractivity contribution < 1.29 is 9.52 Å². The van der Waals surface area contributed by atoms with Gasteiger partial charge in [0.05, 0.1) is 0 Å². The van der Waals surface area contributed by atoms with Crippen LogP contribution in [0.2, 0.25) is 0 Å². The number of fused-ring (bicyclic) bond motifs is 7. The fourth-order valence-corrected chi connectivity index (χ4v) is 3.65. The van der Waals surface area contributed by atoms with Crippen molar-refractivity contribution in [2.75, 3.05) is 0 Å². The van der Waals surface area contributed by atoms with Crippen molar-refractivity contribution in [3.63, 3.8) is 0 Å². The standard InChI is InChI=1S/C20H14O2/c21-14-8-5-13-7-10-18-20(16(13)11-14)19-15-4-2-1-3-12(15)6-9-17(19)22-18/h1-5,7-8,10-11,21H,6,9H2. The van der Waals surface area contributed by atoms with Gasteiger partial charge in [-0.25, -0.2) is 0 Å². The zero-order chi connectivity index (χ0) is 14.7. The van der Waals surface area contributed by atoms with E-state index in [1.165, 1.54) is 16.7 Å². The molecule has 22 heavy (non-hydrogen) atoms. The van der Waals surface area contributed by atoms with E-state index < -0.39 is 0 Å². The molecule has 0 fully saturated rings. The molecule has 2 heteroatoms. The quantitative estimate of drug-likeness (QED) is 0.490. The van der Waals surface area contributed by atoms with Crippen molar-refractivity contribution in [1.29, 1.82) is 0 Å². The lowest BCUT2D eigenvalue weighted by atomic mass is 9.87. The van der Waals surface area contributed by atoms with Gasteiger partial charge in [0.25, 0.3) is 0 Å².